The standard InChI is InChI=1S/C17H20ClN/c1-2-17(12-14-7-4-3-5-8-14)19-13-15-9-6-10-16(18)11-15/h3-11,17,19H,2,12-13H2,1H3. The lowest BCUT2D eigenvalue weighted by Gasteiger charge is -2.17. The molecular formula is C17H20ClN. The number of benzene rings is 2. The largest absolute Gasteiger partial charge is 0.310 e. The van der Waals surface area contributed by atoms with Crippen molar-refractivity contribution >= 4 is 11.6 Å². The molecule has 0 radical (unpaired) electrons. The fraction of sp³-hybridized carbons (Fsp3) is 0.294. The molecule has 0 amide bonds. The molecule has 0 spiro atoms. The average molecular weight is 274 g/mol. The van der Waals surface area contributed by atoms with E-state index in [1.54, 1.807) is 0 Å². The van der Waals surface area contributed by atoms with Crippen LogP contribution in [0.5, 0.6) is 0 Å². The number of hydrogen-bond donors (Lipinski definition) is 1. The maximum absolute atomic E-state index is 6.00. The van der Waals surface area contributed by atoms with Crippen molar-refractivity contribution in [2.24, 2.45) is 0 Å². The molecule has 2 rings (SSSR count). The Balaban J connectivity index is 1.89. The third-order valence-electron chi connectivity index (χ3n) is 3.30. The fourth-order valence-corrected chi connectivity index (χ4v) is 2.38. The molecule has 2 heteroatoms. The van der Waals surface area contributed by atoms with Gasteiger partial charge in [0.15, 0.2) is 0 Å². The maximum Gasteiger partial charge on any atom is 0.0409 e. The Labute approximate surface area is 120 Å². The van der Waals surface area contributed by atoms with Crippen LogP contribution in [0.25, 0.3) is 0 Å². The summed E-state index contributed by atoms with van der Waals surface area (Å²) in [4.78, 5) is 0. The van der Waals surface area contributed by atoms with Gasteiger partial charge in [-0.15, -0.1) is 0 Å². The Morgan fingerprint density at radius 2 is 1.74 bits per heavy atom. The van der Waals surface area contributed by atoms with E-state index >= 15 is 0 Å². The van der Waals surface area contributed by atoms with E-state index < -0.39 is 0 Å². The van der Waals surface area contributed by atoms with Crippen LogP contribution in [0.15, 0.2) is 54.6 Å². The van der Waals surface area contributed by atoms with Crippen molar-refractivity contribution in [1.82, 2.24) is 5.32 Å². The van der Waals surface area contributed by atoms with E-state index in [-0.39, 0.29) is 0 Å². The molecular weight excluding hydrogens is 254 g/mol. The lowest BCUT2D eigenvalue weighted by atomic mass is 10.0. The maximum atomic E-state index is 6.00. The van der Waals surface area contributed by atoms with Gasteiger partial charge in [0, 0.05) is 17.6 Å². The van der Waals surface area contributed by atoms with Crippen molar-refractivity contribution in [3.63, 3.8) is 0 Å². The highest BCUT2D eigenvalue weighted by molar-refractivity contribution is 6.30. The van der Waals surface area contributed by atoms with Gasteiger partial charge in [-0.2, -0.15) is 0 Å². The summed E-state index contributed by atoms with van der Waals surface area (Å²) >= 11 is 6.00. The second-order valence-electron chi connectivity index (χ2n) is 4.81. The van der Waals surface area contributed by atoms with Gasteiger partial charge < -0.3 is 5.32 Å². The van der Waals surface area contributed by atoms with Crippen LogP contribution in [0, 0.1) is 0 Å². The minimum Gasteiger partial charge on any atom is -0.310 e. The highest BCUT2D eigenvalue weighted by Gasteiger charge is 2.06. The van der Waals surface area contributed by atoms with Gasteiger partial charge in [-0.05, 0) is 36.1 Å². The summed E-state index contributed by atoms with van der Waals surface area (Å²) in [5, 5.41) is 4.40. The van der Waals surface area contributed by atoms with E-state index in [1.165, 1.54) is 11.1 Å². The van der Waals surface area contributed by atoms with Crippen LogP contribution in [0.4, 0.5) is 0 Å². The van der Waals surface area contributed by atoms with Gasteiger partial charge in [0.25, 0.3) is 0 Å². The molecule has 0 aromatic heterocycles. The van der Waals surface area contributed by atoms with Crippen molar-refractivity contribution in [3.8, 4) is 0 Å². The first-order valence-electron chi connectivity index (χ1n) is 6.79. The summed E-state index contributed by atoms with van der Waals surface area (Å²) in [6.45, 7) is 3.09. The predicted octanol–water partition coefficient (Wildman–Crippen LogP) is 4.45. The lowest BCUT2D eigenvalue weighted by Crippen LogP contribution is -2.30. The van der Waals surface area contributed by atoms with E-state index in [9.17, 15) is 0 Å². The first-order valence-corrected chi connectivity index (χ1v) is 7.17. The minimum atomic E-state index is 0.501. The van der Waals surface area contributed by atoms with E-state index in [0.717, 1.165) is 24.4 Å². The Bertz CT molecular complexity index is 496. The van der Waals surface area contributed by atoms with Gasteiger partial charge in [0.2, 0.25) is 0 Å². The van der Waals surface area contributed by atoms with Gasteiger partial charge >= 0.3 is 0 Å². The first-order chi connectivity index (χ1) is 9.28. The summed E-state index contributed by atoms with van der Waals surface area (Å²) in [6, 6.07) is 19.2. The molecule has 1 nitrogen and oxygen atoms in total. The summed E-state index contributed by atoms with van der Waals surface area (Å²) in [7, 11) is 0. The quantitative estimate of drug-likeness (QED) is 0.820. The summed E-state index contributed by atoms with van der Waals surface area (Å²) in [6.07, 6.45) is 2.19. The Hall–Kier alpha value is -1.31. The predicted molar refractivity (Wildman–Crippen MR) is 82.5 cm³/mol. The van der Waals surface area contributed by atoms with E-state index in [4.69, 9.17) is 11.6 Å². The molecule has 0 saturated carbocycles. The van der Waals surface area contributed by atoms with Crippen LogP contribution in [0.1, 0.15) is 24.5 Å². The lowest BCUT2D eigenvalue weighted by molar-refractivity contribution is 0.494. The molecule has 0 aliphatic heterocycles. The molecule has 0 saturated heterocycles. The monoisotopic (exact) mass is 273 g/mol. The molecule has 0 aliphatic rings. The average Bonchev–Trinajstić information content (AvgIpc) is 2.44. The van der Waals surface area contributed by atoms with E-state index in [2.05, 4.69) is 48.6 Å². The van der Waals surface area contributed by atoms with Gasteiger partial charge in [-0.25, -0.2) is 0 Å². The molecule has 1 atom stereocenters. The number of nitrogens with one attached hydrogen (secondary N) is 1. The van der Waals surface area contributed by atoms with Crippen LogP contribution < -0.4 is 5.32 Å². The molecule has 2 aromatic rings. The van der Waals surface area contributed by atoms with Crippen LogP contribution in [0.2, 0.25) is 5.02 Å². The number of rotatable bonds is 6. The molecule has 0 fully saturated rings. The Morgan fingerprint density at radius 1 is 1.00 bits per heavy atom. The van der Waals surface area contributed by atoms with Crippen LogP contribution >= 0.6 is 11.6 Å². The Morgan fingerprint density at radius 3 is 2.42 bits per heavy atom. The van der Waals surface area contributed by atoms with Crippen LogP contribution in [-0.2, 0) is 13.0 Å². The van der Waals surface area contributed by atoms with Crippen molar-refractivity contribution in [2.45, 2.75) is 32.4 Å². The zero-order chi connectivity index (χ0) is 13.5. The van der Waals surface area contributed by atoms with Gasteiger partial charge in [0.05, 0.1) is 0 Å². The van der Waals surface area contributed by atoms with Crippen LogP contribution in [-0.4, -0.2) is 6.04 Å². The normalized spacial score (nSPS) is 12.3. The second kappa shape index (κ2) is 7.32. The zero-order valence-corrected chi connectivity index (χ0v) is 12.0. The van der Waals surface area contributed by atoms with Gasteiger partial charge in [-0.3, -0.25) is 0 Å². The number of hydrogen-bond acceptors (Lipinski definition) is 1. The van der Waals surface area contributed by atoms with Crippen LogP contribution in [0.3, 0.4) is 0 Å². The zero-order valence-electron chi connectivity index (χ0n) is 11.3. The Kier molecular flexibility index (Phi) is 5.44. The van der Waals surface area contributed by atoms with Gasteiger partial charge in [-0.1, -0.05) is 61.0 Å². The second-order valence-corrected chi connectivity index (χ2v) is 5.24. The molecule has 1 N–H and O–H groups in total. The van der Waals surface area contributed by atoms with Gasteiger partial charge in [0.1, 0.15) is 0 Å². The smallest absolute Gasteiger partial charge is 0.0409 e. The van der Waals surface area contributed by atoms with Crippen molar-refractivity contribution < 1.29 is 0 Å². The third kappa shape index (κ3) is 4.70. The van der Waals surface area contributed by atoms with Crippen molar-refractivity contribution in [3.05, 3.63) is 70.7 Å². The van der Waals surface area contributed by atoms with E-state index in [1.807, 2.05) is 18.2 Å². The van der Waals surface area contributed by atoms with Crippen molar-refractivity contribution in [1.29, 1.82) is 0 Å². The van der Waals surface area contributed by atoms with E-state index in [0.29, 0.717) is 6.04 Å². The number of halogens is 1. The fourth-order valence-electron chi connectivity index (χ4n) is 2.17. The summed E-state index contributed by atoms with van der Waals surface area (Å²) < 4.78 is 0. The highest BCUT2D eigenvalue weighted by Crippen LogP contribution is 2.11. The molecule has 0 bridgehead atoms. The summed E-state index contributed by atoms with van der Waals surface area (Å²) in [5.41, 5.74) is 2.62. The highest BCUT2D eigenvalue weighted by atomic mass is 35.5. The molecule has 0 heterocycles. The molecule has 19 heavy (non-hydrogen) atoms. The van der Waals surface area contributed by atoms with Crippen molar-refractivity contribution in [2.75, 3.05) is 0 Å². The molecule has 100 valence electrons. The molecule has 0 aliphatic carbocycles. The SMILES string of the molecule is CCC(Cc1ccccc1)NCc1cccc(Cl)c1. The minimum absolute atomic E-state index is 0.501. The third-order valence-corrected chi connectivity index (χ3v) is 3.54. The summed E-state index contributed by atoms with van der Waals surface area (Å²) in [5.74, 6) is 0. The topological polar surface area (TPSA) is 12.0 Å². The molecule has 2 aromatic carbocycles. The first kappa shape index (κ1) is 14.1. The molecule has 1 unspecified atom stereocenters.